The molecule has 2 aliphatic rings. The fraction of sp³-hybridized carbons (Fsp3) is 0.727. The molecule has 2 aromatic heterocycles. The maximum atomic E-state index is 5.70. The monoisotopic (exact) mass is 402 g/mol. The molecule has 2 aromatic rings. The highest BCUT2D eigenvalue weighted by Gasteiger charge is 2.32. The van der Waals surface area contributed by atoms with E-state index in [9.17, 15) is 0 Å². The zero-order chi connectivity index (χ0) is 19.7. The summed E-state index contributed by atoms with van der Waals surface area (Å²) < 4.78 is 5.70. The Kier molecular flexibility index (Phi) is 6.18. The highest BCUT2D eigenvalue weighted by atomic mass is 32.1. The van der Waals surface area contributed by atoms with E-state index in [1.54, 1.807) is 6.33 Å². The molecule has 2 atom stereocenters. The second-order valence-electron chi connectivity index (χ2n) is 8.69. The lowest BCUT2D eigenvalue weighted by atomic mass is 9.90. The molecule has 154 valence electrons. The summed E-state index contributed by atoms with van der Waals surface area (Å²) in [7, 11) is 6.24. The summed E-state index contributed by atoms with van der Waals surface area (Å²) in [4.78, 5) is 14.4. The van der Waals surface area contributed by atoms with E-state index in [2.05, 4.69) is 36.2 Å². The van der Waals surface area contributed by atoms with Crippen LogP contribution in [0, 0.1) is 0 Å². The fourth-order valence-electron chi connectivity index (χ4n) is 5.09. The van der Waals surface area contributed by atoms with Crippen LogP contribution in [-0.4, -0.2) is 54.3 Å². The van der Waals surface area contributed by atoms with E-state index in [1.807, 2.05) is 18.4 Å². The Morgan fingerprint density at radius 2 is 2.00 bits per heavy atom. The van der Waals surface area contributed by atoms with E-state index < -0.39 is 0 Å². The predicted octanol–water partition coefficient (Wildman–Crippen LogP) is 4.82. The molecular weight excluding hydrogens is 368 g/mol. The first-order valence-electron chi connectivity index (χ1n) is 10.8. The van der Waals surface area contributed by atoms with Crippen molar-refractivity contribution >= 4 is 27.4 Å². The van der Waals surface area contributed by atoms with Gasteiger partial charge in [0, 0.05) is 24.1 Å². The third-order valence-electron chi connectivity index (χ3n) is 6.83. The Bertz CT molecular complexity index is 793. The van der Waals surface area contributed by atoms with Crippen LogP contribution >= 0.6 is 11.3 Å². The van der Waals surface area contributed by atoms with Crippen LogP contribution in [0.4, 0.5) is 5.82 Å². The van der Waals surface area contributed by atoms with Crippen molar-refractivity contribution in [2.75, 3.05) is 26.5 Å². The molecule has 0 amide bonds. The number of anilines is 1. The topological polar surface area (TPSA) is 50.3 Å². The van der Waals surface area contributed by atoms with Crippen molar-refractivity contribution < 1.29 is 4.74 Å². The number of nitrogens with one attached hydrogen (secondary N) is 1. The van der Waals surface area contributed by atoms with Crippen LogP contribution < -0.4 is 5.32 Å². The van der Waals surface area contributed by atoms with Crippen molar-refractivity contribution in [2.45, 2.75) is 82.4 Å². The number of ether oxygens (including phenoxy) is 1. The minimum atomic E-state index is 0.341. The van der Waals surface area contributed by atoms with Gasteiger partial charge in [0.2, 0.25) is 0 Å². The minimum absolute atomic E-state index is 0.341. The van der Waals surface area contributed by atoms with E-state index in [-0.39, 0.29) is 0 Å². The summed E-state index contributed by atoms with van der Waals surface area (Å²) >= 11 is 1.87. The maximum Gasteiger partial charge on any atom is 0.138 e. The largest absolute Gasteiger partial charge is 0.381 e. The molecule has 0 spiro atoms. The van der Waals surface area contributed by atoms with Gasteiger partial charge >= 0.3 is 0 Å². The lowest BCUT2D eigenvalue weighted by molar-refractivity contribution is 0.0858. The normalized spacial score (nSPS) is 26.0. The van der Waals surface area contributed by atoms with Crippen molar-refractivity contribution in [2.24, 2.45) is 0 Å². The van der Waals surface area contributed by atoms with Crippen LogP contribution in [0.5, 0.6) is 0 Å². The number of thiophene rings is 1. The summed E-state index contributed by atoms with van der Waals surface area (Å²) in [5, 5.41) is 5.10. The number of aromatic nitrogens is 2. The van der Waals surface area contributed by atoms with Crippen LogP contribution in [0.3, 0.4) is 0 Å². The molecule has 0 aromatic carbocycles. The Morgan fingerprint density at radius 1 is 1.21 bits per heavy atom. The molecule has 0 saturated heterocycles. The van der Waals surface area contributed by atoms with E-state index in [1.165, 1.54) is 54.4 Å². The lowest BCUT2D eigenvalue weighted by Gasteiger charge is -2.33. The first-order valence-corrected chi connectivity index (χ1v) is 11.6. The van der Waals surface area contributed by atoms with Gasteiger partial charge in [-0.3, -0.25) is 0 Å². The highest BCUT2D eigenvalue weighted by Crippen LogP contribution is 2.47. The van der Waals surface area contributed by atoms with Crippen LogP contribution in [0.25, 0.3) is 10.2 Å². The van der Waals surface area contributed by atoms with Crippen molar-refractivity contribution in [3.8, 4) is 0 Å². The molecule has 0 unspecified atom stereocenters. The molecular formula is C22H34N4OS. The minimum Gasteiger partial charge on any atom is -0.381 e. The molecule has 28 heavy (non-hydrogen) atoms. The Labute approximate surface area is 172 Å². The van der Waals surface area contributed by atoms with Crippen molar-refractivity contribution in [3.63, 3.8) is 0 Å². The van der Waals surface area contributed by atoms with Gasteiger partial charge in [-0.05, 0) is 76.9 Å². The van der Waals surface area contributed by atoms with E-state index in [0.717, 1.165) is 29.5 Å². The smallest absolute Gasteiger partial charge is 0.138 e. The van der Waals surface area contributed by atoms with Crippen molar-refractivity contribution in [1.29, 1.82) is 0 Å². The SMILES string of the molecule is CC[C@H](C[C@H]1CCc2sc3ncnc(NC4CCC(N(C)C)CC4)c3c21)OC. The molecule has 0 radical (unpaired) electrons. The number of aryl methyl sites for hydroxylation is 1. The van der Waals surface area contributed by atoms with Crippen LogP contribution in [0.15, 0.2) is 6.33 Å². The highest BCUT2D eigenvalue weighted by molar-refractivity contribution is 7.19. The molecule has 1 N–H and O–H groups in total. The number of rotatable bonds is 7. The van der Waals surface area contributed by atoms with Gasteiger partial charge in [-0.25, -0.2) is 9.97 Å². The van der Waals surface area contributed by atoms with Crippen LogP contribution in [0.2, 0.25) is 0 Å². The van der Waals surface area contributed by atoms with Gasteiger partial charge in [-0.2, -0.15) is 0 Å². The van der Waals surface area contributed by atoms with Gasteiger partial charge < -0.3 is 15.0 Å². The van der Waals surface area contributed by atoms with Crippen LogP contribution in [0.1, 0.15) is 68.2 Å². The molecule has 4 rings (SSSR count). The Morgan fingerprint density at radius 3 is 2.68 bits per heavy atom. The molecule has 2 aliphatic carbocycles. The van der Waals surface area contributed by atoms with E-state index in [4.69, 9.17) is 9.72 Å². The van der Waals surface area contributed by atoms with Crippen molar-refractivity contribution in [1.82, 2.24) is 14.9 Å². The van der Waals surface area contributed by atoms with Gasteiger partial charge in [0.15, 0.2) is 0 Å². The third-order valence-corrected chi connectivity index (χ3v) is 8.01. The van der Waals surface area contributed by atoms with E-state index in [0.29, 0.717) is 18.1 Å². The first-order chi connectivity index (χ1) is 13.6. The second-order valence-corrected chi connectivity index (χ2v) is 9.78. The molecule has 0 aliphatic heterocycles. The lowest BCUT2D eigenvalue weighted by Crippen LogP contribution is -2.36. The van der Waals surface area contributed by atoms with E-state index >= 15 is 0 Å². The zero-order valence-corrected chi connectivity index (χ0v) is 18.5. The molecule has 5 nitrogen and oxygen atoms in total. The zero-order valence-electron chi connectivity index (χ0n) is 17.7. The second kappa shape index (κ2) is 8.64. The Balaban J connectivity index is 1.57. The van der Waals surface area contributed by atoms with Gasteiger partial charge in [0.05, 0.1) is 11.5 Å². The predicted molar refractivity (Wildman–Crippen MR) is 118 cm³/mol. The van der Waals surface area contributed by atoms with Crippen molar-refractivity contribution in [3.05, 3.63) is 16.8 Å². The Hall–Kier alpha value is -1.24. The molecule has 0 bridgehead atoms. The summed E-state index contributed by atoms with van der Waals surface area (Å²) in [6.45, 7) is 2.22. The number of hydrogen-bond donors (Lipinski definition) is 1. The van der Waals surface area contributed by atoms with Gasteiger partial charge in [-0.1, -0.05) is 6.92 Å². The fourth-order valence-corrected chi connectivity index (χ4v) is 6.33. The molecule has 6 heteroatoms. The number of nitrogens with zero attached hydrogens (tertiary/aromatic N) is 3. The third kappa shape index (κ3) is 3.91. The summed E-state index contributed by atoms with van der Waals surface area (Å²) in [5.74, 6) is 1.64. The van der Waals surface area contributed by atoms with Gasteiger partial charge in [-0.15, -0.1) is 11.3 Å². The first kappa shape index (κ1) is 20.0. The number of hydrogen-bond acceptors (Lipinski definition) is 6. The summed E-state index contributed by atoms with van der Waals surface area (Å²) in [6.07, 6.45) is 11.6. The number of methoxy groups -OCH3 is 1. The molecule has 2 heterocycles. The maximum absolute atomic E-state index is 5.70. The van der Waals surface area contributed by atoms with Gasteiger partial charge in [0.25, 0.3) is 0 Å². The quantitative estimate of drug-likeness (QED) is 0.719. The standard InChI is InChI=1S/C22H34N4OS/c1-5-17(27-4)12-14-6-11-18-19(14)20-21(23-13-24-22(20)28-18)25-15-7-9-16(10-8-15)26(2)3/h13-17H,5-12H2,1-4H3,(H,23,24,25)/t14-,15?,16?,17-/m1/s1. The average molecular weight is 403 g/mol. The van der Waals surface area contributed by atoms with Crippen LogP contribution in [-0.2, 0) is 11.2 Å². The summed E-state index contributed by atoms with van der Waals surface area (Å²) in [6, 6.07) is 1.24. The number of fused-ring (bicyclic) bond motifs is 3. The average Bonchev–Trinajstić information content (AvgIpc) is 3.26. The molecule has 1 fully saturated rings. The molecule has 1 saturated carbocycles. The summed E-state index contributed by atoms with van der Waals surface area (Å²) in [5.41, 5.74) is 1.51. The van der Waals surface area contributed by atoms with Gasteiger partial charge in [0.1, 0.15) is 17.0 Å².